The number of hydrogen-bond acceptors (Lipinski definition) is 5. The van der Waals surface area contributed by atoms with Crippen molar-refractivity contribution < 1.29 is 10.2 Å². The fraction of sp³-hybridized carbons (Fsp3) is 0.286. The van der Waals surface area contributed by atoms with E-state index in [0.717, 1.165) is 41.8 Å². The molecule has 0 bridgehead atoms. The first-order valence-corrected chi connectivity index (χ1v) is 10.2. The lowest BCUT2D eigenvalue weighted by Gasteiger charge is -2.38. The molecule has 0 spiro atoms. The molecular weight excluding hydrogens is 362 g/mol. The molecule has 2 aromatic rings. The number of allylic oxidation sites excluding steroid dienone is 4. The summed E-state index contributed by atoms with van der Waals surface area (Å²) in [5.74, 6) is 0.155. The zero-order chi connectivity index (χ0) is 17.8. The van der Waals surface area contributed by atoms with Crippen LogP contribution in [0.25, 0.3) is 5.57 Å². The van der Waals surface area contributed by atoms with Crippen molar-refractivity contribution in [2.45, 2.75) is 37.8 Å². The minimum atomic E-state index is -0.0340. The number of thiophene rings is 1. The molecule has 0 saturated heterocycles. The summed E-state index contributed by atoms with van der Waals surface area (Å²) in [6.45, 7) is 0.885. The molecule has 2 aliphatic carbocycles. The van der Waals surface area contributed by atoms with Gasteiger partial charge in [-0.05, 0) is 47.7 Å². The van der Waals surface area contributed by atoms with Crippen molar-refractivity contribution in [1.29, 1.82) is 0 Å². The van der Waals surface area contributed by atoms with Gasteiger partial charge in [0.25, 0.3) is 0 Å². The van der Waals surface area contributed by atoms with Gasteiger partial charge in [-0.3, -0.25) is 0 Å². The summed E-state index contributed by atoms with van der Waals surface area (Å²) in [5, 5.41) is 23.6. The maximum absolute atomic E-state index is 10.1. The molecule has 3 nitrogen and oxygen atoms in total. The summed E-state index contributed by atoms with van der Waals surface area (Å²) in [6.07, 6.45) is 9.10. The predicted octanol–water partition coefficient (Wildman–Crippen LogP) is 4.42. The van der Waals surface area contributed by atoms with E-state index in [0.29, 0.717) is 6.04 Å². The van der Waals surface area contributed by atoms with Crippen LogP contribution in [-0.4, -0.2) is 21.1 Å². The monoisotopic (exact) mass is 381 g/mol. The molecule has 3 aliphatic rings. The van der Waals surface area contributed by atoms with Crippen LogP contribution in [-0.2, 0) is 13.0 Å². The number of phenolic OH excluding ortho intramolecular Hbond substituents is 2. The van der Waals surface area contributed by atoms with Crippen LogP contribution in [0.1, 0.15) is 45.2 Å². The Morgan fingerprint density at radius 2 is 1.96 bits per heavy atom. The summed E-state index contributed by atoms with van der Waals surface area (Å²) in [5.41, 5.74) is 4.79. The van der Waals surface area contributed by atoms with E-state index in [-0.39, 0.29) is 17.4 Å². The molecule has 5 heteroatoms. The fourth-order valence-corrected chi connectivity index (χ4v) is 5.95. The second kappa shape index (κ2) is 6.05. The Bertz CT molecular complexity index is 986. The van der Waals surface area contributed by atoms with Gasteiger partial charge in [0.15, 0.2) is 11.5 Å². The standard InChI is InChI=1S/C21H19NO2S2/c23-16-7-11-5-6-15-21(13(11)8-17(16)24)14-9-19(26-20(14)10-22-15)12-3-1-2-4-18(12)25/h1-3,7-9,15,21-24H,4-6,10H2/t15-,21+/m0/s1. The van der Waals surface area contributed by atoms with E-state index in [1.807, 2.05) is 11.3 Å². The van der Waals surface area contributed by atoms with Crippen molar-refractivity contribution in [3.8, 4) is 11.5 Å². The van der Waals surface area contributed by atoms with Gasteiger partial charge in [0, 0.05) is 45.1 Å². The van der Waals surface area contributed by atoms with Crippen LogP contribution in [0.3, 0.4) is 0 Å². The third-order valence-corrected chi connectivity index (χ3v) is 7.24. The third kappa shape index (κ3) is 2.46. The van der Waals surface area contributed by atoms with Gasteiger partial charge >= 0.3 is 0 Å². The topological polar surface area (TPSA) is 52.5 Å². The maximum Gasteiger partial charge on any atom is 0.157 e. The average Bonchev–Trinajstić information content (AvgIpc) is 3.07. The molecule has 0 fully saturated rings. The second-order valence-electron chi connectivity index (χ2n) is 7.17. The summed E-state index contributed by atoms with van der Waals surface area (Å²) < 4.78 is 0. The Balaban J connectivity index is 1.63. The van der Waals surface area contributed by atoms with Crippen molar-refractivity contribution in [3.05, 3.63) is 62.9 Å². The van der Waals surface area contributed by atoms with Gasteiger partial charge in [0.2, 0.25) is 0 Å². The normalized spacial score (nSPS) is 23.8. The van der Waals surface area contributed by atoms with Gasteiger partial charge in [0.1, 0.15) is 0 Å². The van der Waals surface area contributed by atoms with E-state index in [9.17, 15) is 10.2 Å². The highest BCUT2D eigenvalue weighted by molar-refractivity contribution is 7.81. The summed E-state index contributed by atoms with van der Waals surface area (Å²) >= 11 is 7.39. The van der Waals surface area contributed by atoms with Crippen LogP contribution in [0.2, 0.25) is 0 Å². The Morgan fingerprint density at radius 1 is 1.12 bits per heavy atom. The third-order valence-electron chi connectivity index (χ3n) is 5.67. The van der Waals surface area contributed by atoms with E-state index >= 15 is 0 Å². The first-order chi connectivity index (χ1) is 12.6. The van der Waals surface area contributed by atoms with Gasteiger partial charge < -0.3 is 15.5 Å². The number of fused-ring (bicyclic) bond motifs is 5. The molecular formula is C21H19NO2S2. The van der Waals surface area contributed by atoms with E-state index in [4.69, 9.17) is 12.2 Å². The smallest absolute Gasteiger partial charge is 0.157 e. The molecule has 26 heavy (non-hydrogen) atoms. The fourth-order valence-electron chi connectivity index (χ4n) is 4.40. The zero-order valence-electron chi connectivity index (χ0n) is 14.2. The Morgan fingerprint density at radius 3 is 2.81 bits per heavy atom. The highest BCUT2D eigenvalue weighted by Crippen LogP contribution is 2.47. The van der Waals surface area contributed by atoms with Crippen LogP contribution in [0.15, 0.2) is 36.4 Å². The predicted molar refractivity (Wildman–Crippen MR) is 109 cm³/mol. The zero-order valence-corrected chi connectivity index (χ0v) is 15.8. The average molecular weight is 382 g/mol. The van der Waals surface area contributed by atoms with Crippen molar-refractivity contribution in [3.63, 3.8) is 0 Å². The van der Waals surface area contributed by atoms with Crippen molar-refractivity contribution in [2.24, 2.45) is 0 Å². The molecule has 0 radical (unpaired) electrons. The number of thiocarbonyl (C=S) groups is 1. The first-order valence-electron chi connectivity index (χ1n) is 8.93. The van der Waals surface area contributed by atoms with E-state index < -0.39 is 0 Å². The number of hydrogen-bond donors (Lipinski definition) is 3. The Hall–Kier alpha value is -1.95. The quantitative estimate of drug-likeness (QED) is 0.505. The first kappa shape index (κ1) is 16.2. The number of aryl methyl sites for hydroxylation is 1. The highest BCUT2D eigenvalue weighted by atomic mass is 32.1. The molecule has 1 aliphatic heterocycles. The molecule has 1 aromatic heterocycles. The van der Waals surface area contributed by atoms with Gasteiger partial charge in [-0.2, -0.15) is 0 Å². The number of nitrogens with one attached hydrogen (secondary N) is 1. The summed E-state index contributed by atoms with van der Waals surface area (Å²) in [4.78, 5) is 3.59. The van der Waals surface area contributed by atoms with Crippen molar-refractivity contribution >= 4 is 34.0 Å². The number of rotatable bonds is 1. The minimum Gasteiger partial charge on any atom is -0.504 e. The molecule has 3 N–H and O–H groups in total. The lowest BCUT2D eigenvalue weighted by molar-refractivity contribution is 0.382. The SMILES string of the molecule is Oc1cc2c(cc1O)[C@@H]1c3cc(C4=CC=CCC4=S)sc3CN[C@H]1CC2. The lowest BCUT2D eigenvalue weighted by Crippen LogP contribution is -2.41. The van der Waals surface area contributed by atoms with E-state index in [1.165, 1.54) is 20.9 Å². The van der Waals surface area contributed by atoms with Crippen molar-refractivity contribution in [2.75, 3.05) is 0 Å². The molecule has 1 aromatic carbocycles. The van der Waals surface area contributed by atoms with Gasteiger partial charge in [0.05, 0.1) is 0 Å². The van der Waals surface area contributed by atoms with Crippen LogP contribution >= 0.6 is 23.6 Å². The van der Waals surface area contributed by atoms with E-state index in [1.54, 1.807) is 12.1 Å². The largest absolute Gasteiger partial charge is 0.504 e. The van der Waals surface area contributed by atoms with Gasteiger partial charge in [-0.1, -0.05) is 30.4 Å². The van der Waals surface area contributed by atoms with Crippen LogP contribution < -0.4 is 5.32 Å². The minimum absolute atomic E-state index is 0.0262. The van der Waals surface area contributed by atoms with Crippen molar-refractivity contribution in [1.82, 2.24) is 5.32 Å². The number of aromatic hydroxyl groups is 2. The van der Waals surface area contributed by atoms with Crippen LogP contribution in [0.4, 0.5) is 0 Å². The van der Waals surface area contributed by atoms with Crippen LogP contribution in [0.5, 0.6) is 11.5 Å². The second-order valence-corrected chi connectivity index (χ2v) is 8.80. The number of benzene rings is 1. The summed E-state index contributed by atoms with van der Waals surface area (Å²) in [7, 11) is 0. The number of phenols is 2. The summed E-state index contributed by atoms with van der Waals surface area (Å²) in [6, 6.07) is 6.15. The highest BCUT2D eigenvalue weighted by Gasteiger charge is 2.37. The van der Waals surface area contributed by atoms with Crippen LogP contribution in [0, 0.1) is 0 Å². The van der Waals surface area contributed by atoms with Gasteiger partial charge in [-0.25, -0.2) is 0 Å². The molecule has 5 rings (SSSR count). The Labute approximate surface area is 161 Å². The molecule has 2 heterocycles. The van der Waals surface area contributed by atoms with Gasteiger partial charge in [-0.15, -0.1) is 11.3 Å². The molecule has 2 atom stereocenters. The van der Waals surface area contributed by atoms with E-state index in [2.05, 4.69) is 29.6 Å². The molecule has 132 valence electrons. The molecule has 0 unspecified atom stereocenters. The molecule has 0 saturated carbocycles. The maximum atomic E-state index is 10.1. The molecule has 0 amide bonds. The Kier molecular flexibility index (Phi) is 3.78. The lowest BCUT2D eigenvalue weighted by atomic mass is 9.74.